The molecule has 0 radical (unpaired) electrons. The number of imidazole rings is 1. The fourth-order valence-corrected chi connectivity index (χ4v) is 3.98. The second kappa shape index (κ2) is 8.03. The van der Waals surface area contributed by atoms with Crippen LogP contribution < -0.4 is 5.73 Å². The Morgan fingerprint density at radius 1 is 1.07 bits per heavy atom. The number of carboxylic acids is 1. The average Bonchev–Trinajstić information content (AvgIpc) is 3.09. The van der Waals surface area contributed by atoms with Crippen LogP contribution in [0.25, 0.3) is 27.8 Å². The quantitative estimate of drug-likeness (QED) is 0.412. The summed E-state index contributed by atoms with van der Waals surface area (Å²) in [5, 5.41) is 9.66. The number of benzene rings is 3. The first-order chi connectivity index (χ1) is 14.5. The van der Waals surface area contributed by atoms with Crippen LogP contribution in [0.3, 0.4) is 0 Å². The van der Waals surface area contributed by atoms with Gasteiger partial charge in [0, 0.05) is 12.1 Å². The molecule has 0 fully saturated rings. The zero-order valence-corrected chi connectivity index (χ0v) is 17.2. The maximum Gasteiger partial charge on any atom is 0.336 e. The van der Waals surface area contributed by atoms with E-state index in [1.54, 1.807) is 12.1 Å². The topological polar surface area (TPSA) is 81.1 Å². The maximum atomic E-state index is 11.8. The largest absolute Gasteiger partial charge is 0.478 e. The van der Waals surface area contributed by atoms with Gasteiger partial charge in [0.15, 0.2) is 0 Å². The van der Waals surface area contributed by atoms with Crippen molar-refractivity contribution in [1.29, 1.82) is 0 Å². The van der Waals surface area contributed by atoms with Crippen LogP contribution in [0.5, 0.6) is 0 Å². The molecular formula is C25H25N3O2. The highest BCUT2D eigenvalue weighted by molar-refractivity contribution is 5.97. The van der Waals surface area contributed by atoms with Gasteiger partial charge in [-0.2, -0.15) is 0 Å². The molecule has 0 aliphatic heterocycles. The van der Waals surface area contributed by atoms with Crippen LogP contribution in [0.15, 0.2) is 60.7 Å². The number of hydrogen-bond donors (Lipinski definition) is 2. The van der Waals surface area contributed by atoms with Crippen LogP contribution in [0.2, 0.25) is 0 Å². The monoisotopic (exact) mass is 399 g/mol. The molecule has 3 N–H and O–H groups in total. The Bertz CT molecular complexity index is 1240. The molecule has 4 rings (SSSR count). The van der Waals surface area contributed by atoms with Crippen molar-refractivity contribution >= 4 is 22.7 Å². The molecule has 4 aromatic rings. The number of hydrogen-bond acceptors (Lipinski definition) is 3. The first-order valence-corrected chi connectivity index (χ1v) is 10.2. The van der Waals surface area contributed by atoms with Crippen molar-refractivity contribution in [3.05, 3.63) is 77.6 Å². The molecule has 0 saturated carbocycles. The standard InChI is InChI=1S/C25H25N3O2/c1-3-4-12-24-27-21-14-13-17(26)15-23(21)28(24)22-11-7-10-18(16(22)2)19-8-5-6-9-20(19)25(29)30/h5-11,13-15H,3-4,12,26H2,1-2H3,(H,29,30). The van der Waals surface area contributed by atoms with E-state index in [0.29, 0.717) is 16.8 Å². The Labute approximate surface area is 175 Å². The number of unbranched alkanes of at least 4 members (excludes halogenated alkanes) is 1. The summed E-state index contributed by atoms with van der Waals surface area (Å²) in [6.07, 6.45) is 2.98. The van der Waals surface area contributed by atoms with E-state index in [0.717, 1.165) is 52.9 Å². The fourth-order valence-electron chi connectivity index (χ4n) is 3.98. The van der Waals surface area contributed by atoms with E-state index in [1.807, 2.05) is 49.4 Å². The molecule has 0 aliphatic rings. The number of nitrogens with two attached hydrogens (primary N) is 1. The van der Waals surface area contributed by atoms with Crippen LogP contribution in [0.1, 0.15) is 41.5 Å². The summed E-state index contributed by atoms with van der Waals surface area (Å²) in [4.78, 5) is 16.6. The minimum absolute atomic E-state index is 0.295. The van der Waals surface area contributed by atoms with Crippen molar-refractivity contribution in [3.63, 3.8) is 0 Å². The number of carbonyl (C=O) groups is 1. The van der Waals surface area contributed by atoms with E-state index >= 15 is 0 Å². The number of fused-ring (bicyclic) bond motifs is 1. The van der Waals surface area contributed by atoms with Gasteiger partial charge >= 0.3 is 5.97 Å². The molecule has 0 unspecified atom stereocenters. The van der Waals surface area contributed by atoms with E-state index in [9.17, 15) is 9.90 Å². The average molecular weight is 399 g/mol. The van der Waals surface area contributed by atoms with Crippen LogP contribution in [-0.2, 0) is 6.42 Å². The third-order valence-corrected chi connectivity index (χ3v) is 5.50. The lowest BCUT2D eigenvalue weighted by atomic mass is 9.95. The van der Waals surface area contributed by atoms with Gasteiger partial charge < -0.3 is 10.8 Å². The Morgan fingerprint density at radius 2 is 1.83 bits per heavy atom. The number of aryl methyl sites for hydroxylation is 1. The summed E-state index contributed by atoms with van der Waals surface area (Å²) in [6, 6.07) is 18.9. The fraction of sp³-hybridized carbons (Fsp3) is 0.200. The minimum atomic E-state index is -0.931. The van der Waals surface area contributed by atoms with Crippen molar-refractivity contribution in [2.24, 2.45) is 0 Å². The molecule has 3 aromatic carbocycles. The predicted molar refractivity (Wildman–Crippen MR) is 121 cm³/mol. The third kappa shape index (κ3) is 3.43. The van der Waals surface area contributed by atoms with Gasteiger partial charge in [0.2, 0.25) is 0 Å². The van der Waals surface area contributed by atoms with Crippen molar-refractivity contribution < 1.29 is 9.90 Å². The van der Waals surface area contributed by atoms with Gasteiger partial charge in [-0.1, -0.05) is 43.7 Å². The molecule has 0 amide bonds. The molecule has 152 valence electrons. The molecule has 0 aliphatic carbocycles. The highest BCUT2D eigenvalue weighted by Gasteiger charge is 2.18. The molecular weight excluding hydrogens is 374 g/mol. The van der Waals surface area contributed by atoms with Gasteiger partial charge in [-0.25, -0.2) is 9.78 Å². The van der Waals surface area contributed by atoms with E-state index in [2.05, 4.69) is 17.6 Å². The molecule has 1 aromatic heterocycles. The Kier molecular flexibility index (Phi) is 5.27. The van der Waals surface area contributed by atoms with E-state index in [-0.39, 0.29) is 0 Å². The Balaban J connectivity index is 1.97. The molecule has 0 bridgehead atoms. The Morgan fingerprint density at radius 3 is 2.60 bits per heavy atom. The molecule has 0 saturated heterocycles. The van der Waals surface area contributed by atoms with Crippen LogP contribution in [0.4, 0.5) is 5.69 Å². The van der Waals surface area contributed by atoms with E-state index < -0.39 is 5.97 Å². The zero-order valence-electron chi connectivity index (χ0n) is 17.2. The van der Waals surface area contributed by atoms with Crippen molar-refractivity contribution in [2.75, 3.05) is 5.73 Å². The van der Waals surface area contributed by atoms with Crippen LogP contribution in [-0.4, -0.2) is 20.6 Å². The summed E-state index contributed by atoms with van der Waals surface area (Å²) < 4.78 is 2.17. The van der Waals surface area contributed by atoms with Gasteiger partial charge in [-0.05, 0) is 60.4 Å². The first kappa shape index (κ1) is 19.7. The highest BCUT2D eigenvalue weighted by Crippen LogP contribution is 2.33. The number of aromatic carboxylic acids is 1. The van der Waals surface area contributed by atoms with E-state index in [4.69, 9.17) is 10.7 Å². The van der Waals surface area contributed by atoms with Gasteiger partial charge in [-0.15, -0.1) is 0 Å². The zero-order chi connectivity index (χ0) is 21.3. The SMILES string of the molecule is CCCCc1nc2ccc(N)cc2n1-c1cccc(-c2ccccc2C(=O)O)c1C. The summed E-state index contributed by atoms with van der Waals surface area (Å²) in [5.74, 6) is 0.0594. The molecule has 0 atom stereocenters. The number of carboxylic acid groups (broad SMARTS) is 1. The normalized spacial score (nSPS) is 11.1. The van der Waals surface area contributed by atoms with Crippen LogP contribution >= 0.6 is 0 Å². The molecule has 5 nitrogen and oxygen atoms in total. The third-order valence-electron chi connectivity index (χ3n) is 5.50. The number of anilines is 1. The summed E-state index contributed by atoms with van der Waals surface area (Å²) in [7, 11) is 0. The number of aromatic nitrogens is 2. The number of nitrogens with zero attached hydrogens (tertiary/aromatic N) is 2. The van der Waals surface area contributed by atoms with Gasteiger partial charge in [-0.3, -0.25) is 4.57 Å². The maximum absolute atomic E-state index is 11.8. The van der Waals surface area contributed by atoms with Gasteiger partial charge in [0.1, 0.15) is 5.82 Å². The summed E-state index contributed by atoms with van der Waals surface area (Å²) in [5.41, 5.74) is 12.6. The lowest BCUT2D eigenvalue weighted by Crippen LogP contribution is -2.05. The lowest BCUT2D eigenvalue weighted by Gasteiger charge is -2.17. The highest BCUT2D eigenvalue weighted by atomic mass is 16.4. The van der Waals surface area contributed by atoms with Crippen molar-refractivity contribution in [3.8, 4) is 16.8 Å². The van der Waals surface area contributed by atoms with Crippen molar-refractivity contribution in [2.45, 2.75) is 33.1 Å². The second-order valence-electron chi connectivity index (χ2n) is 7.52. The van der Waals surface area contributed by atoms with Crippen LogP contribution in [0, 0.1) is 6.92 Å². The molecule has 30 heavy (non-hydrogen) atoms. The molecule has 0 spiro atoms. The predicted octanol–water partition coefficient (Wildman–Crippen LogP) is 5.62. The first-order valence-electron chi connectivity index (χ1n) is 10.2. The van der Waals surface area contributed by atoms with Gasteiger partial charge in [0.05, 0.1) is 22.3 Å². The summed E-state index contributed by atoms with van der Waals surface area (Å²) in [6.45, 7) is 4.20. The smallest absolute Gasteiger partial charge is 0.336 e. The van der Waals surface area contributed by atoms with Gasteiger partial charge in [0.25, 0.3) is 0 Å². The lowest BCUT2D eigenvalue weighted by molar-refractivity contribution is 0.0697. The number of rotatable bonds is 6. The Hall–Kier alpha value is -3.60. The molecule has 1 heterocycles. The number of nitrogen functional groups attached to an aromatic ring is 1. The summed E-state index contributed by atoms with van der Waals surface area (Å²) >= 11 is 0. The van der Waals surface area contributed by atoms with Crippen molar-refractivity contribution in [1.82, 2.24) is 9.55 Å². The minimum Gasteiger partial charge on any atom is -0.478 e. The van der Waals surface area contributed by atoms with E-state index in [1.165, 1.54) is 0 Å². The molecule has 5 heteroatoms. The second-order valence-corrected chi connectivity index (χ2v) is 7.52.